The quantitative estimate of drug-likeness (QED) is 0.759. The molecule has 0 amide bonds. The molecule has 1 rings (SSSR count). The van der Waals surface area contributed by atoms with Gasteiger partial charge in [0.25, 0.3) is 0 Å². The van der Waals surface area contributed by atoms with Crippen molar-refractivity contribution < 1.29 is 4.39 Å². The van der Waals surface area contributed by atoms with Crippen LogP contribution in [0.2, 0.25) is 0 Å². The molecule has 1 atom stereocenters. The molecule has 0 saturated heterocycles. The molecule has 0 bridgehead atoms. The number of nitrogens with one attached hydrogen (secondary N) is 1. The monoisotopic (exact) mass is 220 g/mol. The molecular formula is C13H17FN2. The highest BCUT2D eigenvalue weighted by molar-refractivity contribution is 5.27. The Morgan fingerprint density at radius 3 is 2.81 bits per heavy atom. The molecule has 0 aliphatic rings. The van der Waals surface area contributed by atoms with E-state index in [9.17, 15) is 4.39 Å². The lowest BCUT2D eigenvalue weighted by Crippen LogP contribution is -2.28. The first-order chi connectivity index (χ1) is 7.69. The summed E-state index contributed by atoms with van der Waals surface area (Å²) in [6, 6.07) is 5.08. The van der Waals surface area contributed by atoms with Crippen molar-refractivity contribution in [2.75, 3.05) is 13.1 Å². The first-order valence-corrected chi connectivity index (χ1v) is 5.28. The highest BCUT2D eigenvalue weighted by atomic mass is 19.1. The van der Waals surface area contributed by atoms with Crippen LogP contribution in [0.1, 0.15) is 24.1 Å². The van der Waals surface area contributed by atoms with Crippen LogP contribution < -0.4 is 11.1 Å². The van der Waals surface area contributed by atoms with E-state index in [1.807, 2.05) is 6.07 Å². The molecule has 0 aliphatic heterocycles. The van der Waals surface area contributed by atoms with E-state index in [0.717, 1.165) is 5.56 Å². The predicted molar refractivity (Wildman–Crippen MR) is 64.4 cm³/mol. The molecule has 0 heterocycles. The summed E-state index contributed by atoms with van der Waals surface area (Å²) in [5.41, 5.74) is 7.31. The number of hydrogen-bond donors (Lipinski definition) is 2. The molecule has 0 fully saturated rings. The lowest BCUT2D eigenvalue weighted by atomic mass is 10.0. The third-order valence-electron chi connectivity index (χ3n) is 2.43. The van der Waals surface area contributed by atoms with Crippen LogP contribution in [0.5, 0.6) is 0 Å². The predicted octanol–water partition coefficient (Wildman–Crippen LogP) is 1.75. The van der Waals surface area contributed by atoms with Gasteiger partial charge in [-0.2, -0.15) is 0 Å². The largest absolute Gasteiger partial charge is 0.329 e. The molecule has 1 unspecified atom stereocenters. The smallest absolute Gasteiger partial charge is 0.126 e. The molecule has 0 spiro atoms. The van der Waals surface area contributed by atoms with Crippen molar-refractivity contribution in [2.45, 2.75) is 19.9 Å². The highest BCUT2D eigenvalue weighted by Gasteiger charge is 2.09. The number of nitrogens with two attached hydrogens (primary N) is 1. The van der Waals surface area contributed by atoms with Gasteiger partial charge in [-0.1, -0.05) is 18.1 Å². The fraction of sp³-hybridized carbons (Fsp3) is 0.385. The fourth-order valence-corrected chi connectivity index (χ4v) is 1.48. The van der Waals surface area contributed by atoms with Crippen molar-refractivity contribution in [2.24, 2.45) is 5.73 Å². The summed E-state index contributed by atoms with van der Waals surface area (Å²) in [5, 5.41) is 3.21. The van der Waals surface area contributed by atoms with Crippen LogP contribution in [0.4, 0.5) is 4.39 Å². The third kappa shape index (κ3) is 3.34. The Hall–Kier alpha value is -1.37. The Labute approximate surface area is 96.0 Å². The van der Waals surface area contributed by atoms with Crippen molar-refractivity contribution in [1.82, 2.24) is 5.32 Å². The van der Waals surface area contributed by atoms with Gasteiger partial charge >= 0.3 is 0 Å². The van der Waals surface area contributed by atoms with Gasteiger partial charge in [-0.3, -0.25) is 5.32 Å². The summed E-state index contributed by atoms with van der Waals surface area (Å²) < 4.78 is 13.1. The first-order valence-electron chi connectivity index (χ1n) is 5.28. The van der Waals surface area contributed by atoms with E-state index in [1.54, 1.807) is 19.9 Å². The van der Waals surface area contributed by atoms with Crippen LogP contribution >= 0.6 is 0 Å². The number of aryl methyl sites for hydroxylation is 1. The lowest BCUT2D eigenvalue weighted by Gasteiger charge is -2.16. The van der Waals surface area contributed by atoms with Crippen LogP contribution in [-0.4, -0.2) is 13.1 Å². The summed E-state index contributed by atoms with van der Waals surface area (Å²) in [6.45, 7) is 4.60. The second-order valence-corrected chi connectivity index (χ2v) is 3.60. The fourth-order valence-electron chi connectivity index (χ4n) is 1.48. The molecule has 16 heavy (non-hydrogen) atoms. The number of hydrogen-bond acceptors (Lipinski definition) is 2. The first kappa shape index (κ1) is 12.7. The van der Waals surface area contributed by atoms with Gasteiger partial charge in [0.05, 0.1) is 6.54 Å². The maximum absolute atomic E-state index is 13.1. The summed E-state index contributed by atoms with van der Waals surface area (Å²) in [7, 11) is 0. The SMILES string of the molecule is CC#CCNC(CN)c1ccc(F)c(C)c1. The normalized spacial score (nSPS) is 11.8. The van der Waals surface area contributed by atoms with Gasteiger partial charge in [0.15, 0.2) is 0 Å². The maximum atomic E-state index is 13.1. The van der Waals surface area contributed by atoms with Crippen LogP contribution in [-0.2, 0) is 0 Å². The minimum absolute atomic E-state index is 0.0279. The Morgan fingerprint density at radius 2 is 2.25 bits per heavy atom. The average molecular weight is 220 g/mol. The summed E-state index contributed by atoms with van der Waals surface area (Å²) in [6.07, 6.45) is 0. The van der Waals surface area contributed by atoms with Crippen LogP contribution in [0.25, 0.3) is 0 Å². The van der Waals surface area contributed by atoms with Gasteiger partial charge in [0, 0.05) is 12.6 Å². The van der Waals surface area contributed by atoms with E-state index in [-0.39, 0.29) is 11.9 Å². The molecule has 86 valence electrons. The number of rotatable bonds is 4. The number of benzene rings is 1. The van der Waals surface area contributed by atoms with Crippen molar-refractivity contribution in [3.8, 4) is 11.8 Å². The summed E-state index contributed by atoms with van der Waals surface area (Å²) in [5.74, 6) is 5.54. The molecule has 0 aromatic heterocycles. The van der Waals surface area contributed by atoms with E-state index >= 15 is 0 Å². The van der Waals surface area contributed by atoms with Crippen LogP contribution in [0, 0.1) is 24.6 Å². The van der Waals surface area contributed by atoms with Gasteiger partial charge < -0.3 is 5.73 Å². The third-order valence-corrected chi connectivity index (χ3v) is 2.43. The molecular weight excluding hydrogens is 203 g/mol. The standard InChI is InChI=1S/C13H17FN2/c1-3-4-7-16-13(9-15)11-5-6-12(14)10(2)8-11/h5-6,8,13,16H,7,9,15H2,1-2H3. The van der Waals surface area contributed by atoms with Gasteiger partial charge in [-0.25, -0.2) is 4.39 Å². The maximum Gasteiger partial charge on any atom is 0.126 e. The van der Waals surface area contributed by atoms with E-state index in [4.69, 9.17) is 5.73 Å². The topological polar surface area (TPSA) is 38.0 Å². The average Bonchev–Trinajstić information content (AvgIpc) is 2.29. The summed E-state index contributed by atoms with van der Waals surface area (Å²) >= 11 is 0. The minimum atomic E-state index is -0.187. The van der Waals surface area contributed by atoms with E-state index in [1.165, 1.54) is 6.07 Å². The van der Waals surface area contributed by atoms with E-state index in [0.29, 0.717) is 18.7 Å². The number of halogens is 1. The Morgan fingerprint density at radius 1 is 1.50 bits per heavy atom. The van der Waals surface area contributed by atoms with Gasteiger partial charge in [-0.05, 0) is 31.0 Å². The molecule has 0 aliphatic carbocycles. The second-order valence-electron chi connectivity index (χ2n) is 3.60. The Balaban J connectivity index is 2.77. The lowest BCUT2D eigenvalue weighted by molar-refractivity contribution is 0.575. The Bertz CT molecular complexity index is 404. The van der Waals surface area contributed by atoms with E-state index in [2.05, 4.69) is 17.2 Å². The molecule has 2 nitrogen and oxygen atoms in total. The van der Waals surface area contributed by atoms with Crippen molar-refractivity contribution in [1.29, 1.82) is 0 Å². The second kappa shape index (κ2) is 6.26. The van der Waals surface area contributed by atoms with Crippen molar-refractivity contribution in [3.05, 3.63) is 35.1 Å². The molecule has 0 radical (unpaired) electrons. The summed E-state index contributed by atoms with van der Waals surface area (Å²) in [4.78, 5) is 0. The van der Waals surface area contributed by atoms with Crippen LogP contribution in [0.3, 0.4) is 0 Å². The molecule has 3 heteroatoms. The van der Waals surface area contributed by atoms with E-state index < -0.39 is 0 Å². The highest BCUT2D eigenvalue weighted by Crippen LogP contribution is 2.15. The molecule has 3 N–H and O–H groups in total. The zero-order valence-electron chi connectivity index (χ0n) is 9.68. The van der Waals surface area contributed by atoms with Crippen LogP contribution in [0.15, 0.2) is 18.2 Å². The van der Waals surface area contributed by atoms with Gasteiger partial charge in [0.1, 0.15) is 5.82 Å². The molecule has 0 saturated carbocycles. The van der Waals surface area contributed by atoms with Crippen molar-refractivity contribution in [3.63, 3.8) is 0 Å². The van der Waals surface area contributed by atoms with Crippen molar-refractivity contribution >= 4 is 0 Å². The van der Waals surface area contributed by atoms with Gasteiger partial charge in [-0.15, -0.1) is 5.92 Å². The van der Waals surface area contributed by atoms with Gasteiger partial charge in [0.2, 0.25) is 0 Å². The zero-order chi connectivity index (χ0) is 12.0. The Kier molecular flexibility index (Phi) is 4.97. The zero-order valence-corrected chi connectivity index (χ0v) is 9.68. The minimum Gasteiger partial charge on any atom is -0.329 e. The molecule has 1 aromatic rings. The molecule has 1 aromatic carbocycles.